The van der Waals surface area contributed by atoms with Crippen LogP contribution < -0.4 is 5.32 Å². The highest BCUT2D eigenvalue weighted by Crippen LogP contribution is 2.11. The topological polar surface area (TPSA) is 62.8 Å². The standard InChI is InChI=1S/C10H16N4O/c1-8(10-12-7-13-14-10)11-6-9-4-2-3-5-15-9/h3,5,7-9,11H,2,4,6H2,1H3,(H,12,13,14). The Morgan fingerprint density at radius 3 is 3.33 bits per heavy atom. The quantitative estimate of drug-likeness (QED) is 0.779. The second-order valence-corrected chi connectivity index (χ2v) is 3.71. The van der Waals surface area contributed by atoms with Crippen molar-refractivity contribution in [3.05, 3.63) is 24.5 Å². The van der Waals surface area contributed by atoms with Crippen molar-refractivity contribution in [2.75, 3.05) is 6.54 Å². The monoisotopic (exact) mass is 208 g/mol. The average Bonchev–Trinajstić information content (AvgIpc) is 2.81. The number of nitrogens with zero attached hydrogens (tertiary/aromatic N) is 2. The fraction of sp³-hybridized carbons (Fsp3) is 0.600. The zero-order valence-electron chi connectivity index (χ0n) is 8.81. The van der Waals surface area contributed by atoms with Crippen LogP contribution in [-0.4, -0.2) is 27.8 Å². The number of hydrogen-bond acceptors (Lipinski definition) is 4. The molecule has 0 saturated carbocycles. The van der Waals surface area contributed by atoms with Gasteiger partial charge in [0.25, 0.3) is 0 Å². The summed E-state index contributed by atoms with van der Waals surface area (Å²) in [5, 5.41) is 10.0. The maximum atomic E-state index is 5.46. The van der Waals surface area contributed by atoms with Crippen LogP contribution in [0.25, 0.3) is 0 Å². The lowest BCUT2D eigenvalue weighted by Crippen LogP contribution is -2.31. The molecule has 0 amide bonds. The van der Waals surface area contributed by atoms with E-state index < -0.39 is 0 Å². The van der Waals surface area contributed by atoms with Gasteiger partial charge >= 0.3 is 0 Å². The van der Waals surface area contributed by atoms with Crippen LogP contribution in [0.2, 0.25) is 0 Å². The van der Waals surface area contributed by atoms with Gasteiger partial charge in [0.1, 0.15) is 18.3 Å². The van der Waals surface area contributed by atoms with Gasteiger partial charge in [-0.05, 0) is 25.8 Å². The number of nitrogens with one attached hydrogen (secondary N) is 2. The Hall–Kier alpha value is -1.36. The Morgan fingerprint density at radius 1 is 1.73 bits per heavy atom. The number of rotatable bonds is 4. The van der Waals surface area contributed by atoms with Crippen molar-refractivity contribution in [3.63, 3.8) is 0 Å². The van der Waals surface area contributed by atoms with E-state index in [1.165, 1.54) is 6.33 Å². The summed E-state index contributed by atoms with van der Waals surface area (Å²) in [6.45, 7) is 2.89. The Kier molecular flexibility index (Phi) is 3.34. The summed E-state index contributed by atoms with van der Waals surface area (Å²) in [6, 6.07) is 0.182. The number of ether oxygens (including phenoxy) is 1. The molecule has 1 aromatic rings. The lowest BCUT2D eigenvalue weighted by atomic mass is 10.1. The van der Waals surface area contributed by atoms with Crippen LogP contribution in [0.1, 0.15) is 31.6 Å². The zero-order chi connectivity index (χ0) is 10.5. The molecular formula is C10H16N4O. The summed E-state index contributed by atoms with van der Waals surface area (Å²) in [5.74, 6) is 0.862. The highest BCUT2D eigenvalue weighted by molar-refractivity contribution is 4.90. The van der Waals surface area contributed by atoms with Crippen molar-refractivity contribution in [1.29, 1.82) is 0 Å². The van der Waals surface area contributed by atoms with E-state index in [2.05, 4.69) is 33.5 Å². The van der Waals surface area contributed by atoms with Crippen LogP contribution in [-0.2, 0) is 4.74 Å². The van der Waals surface area contributed by atoms with Gasteiger partial charge in [-0.2, -0.15) is 5.10 Å². The molecule has 2 unspecified atom stereocenters. The van der Waals surface area contributed by atoms with Gasteiger partial charge < -0.3 is 10.1 Å². The minimum absolute atomic E-state index is 0.182. The zero-order valence-corrected chi connectivity index (χ0v) is 8.81. The highest BCUT2D eigenvalue weighted by atomic mass is 16.5. The van der Waals surface area contributed by atoms with Crippen molar-refractivity contribution in [3.8, 4) is 0 Å². The average molecular weight is 208 g/mol. The van der Waals surface area contributed by atoms with E-state index in [0.29, 0.717) is 0 Å². The van der Waals surface area contributed by atoms with Crippen LogP contribution in [0.3, 0.4) is 0 Å². The molecule has 82 valence electrons. The first-order valence-electron chi connectivity index (χ1n) is 5.25. The van der Waals surface area contributed by atoms with Crippen LogP contribution in [0.5, 0.6) is 0 Å². The van der Waals surface area contributed by atoms with Gasteiger partial charge in [-0.25, -0.2) is 4.98 Å². The van der Waals surface area contributed by atoms with Gasteiger partial charge in [-0.1, -0.05) is 0 Å². The van der Waals surface area contributed by atoms with Crippen molar-refractivity contribution in [2.45, 2.75) is 31.9 Å². The van der Waals surface area contributed by atoms with E-state index in [1.807, 2.05) is 0 Å². The molecule has 0 aliphatic carbocycles. The van der Waals surface area contributed by atoms with Crippen LogP contribution in [0.4, 0.5) is 0 Å². The van der Waals surface area contributed by atoms with Crippen LogP contribution >= 0.6 is 0 Å². The first kappa shape index (κ1) is 10.2. The maximum Gasteiger partial charge on any atom is 0.141 e. The van der Waals surface area contributed by atoms with Crippen molar-refractivity contribution >= 4 is 0 Å². The van der Waals surface area contributed by atoms with E-state index in [0.717, 1.165) is 25.2 Å². The van der Waals surface area contributed by atoms with Crippen molar-refractivity contribution in [2.24, 2.45) is 0 Å². The molecular weight excluding hydrogens is 192 g/mol. The predicted octanol–water partition coefficient (Wildman–Crippen LogP) is 1.15. The van der Waals surface area contributed by atoms with E-state index in [-0.39, 0.29) is 12.1 Å². The van der Waals surface area contributed by atoms with Crippen LogP contribution in [0.15, 0.2) is 18.7 Å². The molecule has 2 rings (SSSR count). The molecule has 1 aromatic heterocycles. The van der Waals surface area contributed by atoms with E-state index in [4.69, 9.17) is 4.74 Å². The second-order valence-electron chi connectivity index (χ2n) is 3.71. The van der Waals surface area contributed by atoms with Gasteiger partial charge in [0, 0.05) is 6.54 Å². The van der Waals surface area contributed by atoms with Gasteiger partial charge in [0.15, 0.2) is 0 Å². The fourth-order valence-electron chi connectivity index (χ4n) is 1.56. The molecule has 15 heavy (non-hydrogen) atoms. The largest absolute Gasteiger partial charge is 0.497 e. The van der Waals surface area contributed by atoms with E-state index in [9.17, 15) is 0 Å². The van der Waals surface area contributed by atoms with Gasteiger partial charge in [0.05, 0.1) is 12.3 Å². The molecule has 5 heteroatoms. The van der Waals surface area contributed by atoms with Crippen LogP contribution in [0, 0.1) is 0 Å². The minimum Gasteiger partial charge on any atom is -0.497 e. The first-order valence-corrected chi connectivity index (χ1v) is 5.25. The molecule has 0 radical (unpaired) electrons. The maximum absolute atomic E-state index is 5.46. The number of H-pyrrole nitrogens is 1. The first-order chi connectivity index (χ1) is 7.36. The summed E-state index contributed by atoms with van der Waals surface area (Å²) < 4.78 is 5.46. The summed E-state index contributed by atoms with van der Waals surface area (Å²) in [4.78, 5) is 4.10. The normalized spacial score (nSPS) is 22.3. The molecule has 2 N–H and O–H groups in total. The van der Waals surface area contributed by atoms with E-state index >= 15 is 0 Å². The number of hydrogen-bond donors (Lipinski definition) is 2. The lowest BCUT2D eigenvalue weighted by Gasteiger charge is -2.21. The Bertz CT molecular complexity index is 309. The molecule has 0 fully saturated rings. The third-order valence-corrected chi connectivity index (χ3v) is 2.52. The van der Waals surface area contributed by atoms with Gasteiger partial charge in [-0.15, -0.1) is 0 Å². The number of aromatic amines is 1. The number of aromatic nitrogens is 3. The third kappa shape index (κ3) is 2.79. The molecule has 1 aliphatic rings. The molecule has 2 heterocycles. The molecule has 0 saturated heterocycles. The SMILES string of the molecule is CC(NCC1CCC=CO1)c1ncn[nH]1. The lowest BCUT2D eigenvalue weighted by molar-refractivity contribution is 0.119. The van der Waals surface area contributed by atoms with Crippen molar-refractivity contribution < 1.29 is 4.74 Å². The van der Waals surface area contributed by atoms with Gasteiger partial charge in [-0.3, -0.25) is 5.10 Å². The molecule has 0 spiro atoms. The van der Waals surface area contributed by atoms with Crippen molar-refractivity contribution in [1.82, 2.24) is 20.5 Å². The Morgan fingerprint density at radius 2 is 2.67 bits per heavy atom. The minimum atomic E-state index is 0.182. The smallest absolute Gasteiger partial charge is 0.141 e. The molecule has 0 aromatic carbocycles. The summed E-state index contributed by atoms with van der Waals surface area (Å²) in [5.41, 5.74) is 0. The summed E-state index contributed by atoms with van der Waals surface area (Å²) in [6.07, 6.45) is 7.81. The predicted molar refractivity (Wildman–Crippen MR) is 56.0 cm³/mol. The Balaban J connectivity index is 1.75. The molecule has 1 aliphatic heterocycles. The van der Waals surface area contributed by atoms with Gasteiger partial charge in [0.2, 0.25) is 0 Å². The Labute approximate surface area is 88.9 Å². The summed E-state index contributed by atoms with van der Waals surface area (Å²) in [7, 11) is 0. The van der Waals surface area contributed by atoms with E-state index in [1.54, 1.807) is 6.26 Å². The fourth-order valence-corrected chi connectivity index (χ4v) is 1.56. The third-order valence-electron chi connectivity index (χ3n) is 2.52. The molecule has 0 bridgehead atoms. The number of allylic oxidation sites excluding steroid dienone is 1. The summed E-state index contributed by atoms with van der Waals surface area (Å²) >= 11 is 0. The second kappa shape index (κ2) is 4.93. The molecule has 2 atom stereocenters. The molecule has 5 nitrogen and oxygen atoms in total. The highest BCUT2D eigenvalue weighted by Gasteiger charge is 2.13.